The van der Waals surface area contributed by atoms with Crippen molar-refractivity contribution in [1.29, 1.82) is 0 Å². The molecular formula is C17H25NO. The Morgan fingerprint density at radius 1 is 1.00 bits per heavy atom. The molecule has 0 bridgehead atoms. The summed E-state index contributed by atoms with van der Waals surface area (Å²) >= 11 is 0. The fourth-order valence-electron chi connectivity index (χ4n) is 3.89. The van der Waals surface area contributed by atoms with Gasteiger partial charge < -0.3 is 5.11 Å². The maximum Gasteiger partial charge on any atom is 0.0681 e. The van der Waals surface area contributed by atoms with E-state index in [1.807, 2.05) is 6.07 Å². The van der Waals surface area contributed by atoms with Gasteiger partial charge in [-0.1, -0.05) is 49.9 Å². The summed E-state index contributed by atoms with van der Waals surface area (Å²) in [5.74, 6) is 0. The van der Waals surface area contributed by atoms with Gasteiger partial charge in [0.15, 0.2) is 0 Å². The number of hydrogen-bond acceptors (Lipinski definition) is 2. The molecule has 1 saturated carbocycles. The van der Waals surface area contributed by atoms with Gasteiger partial charge in [0, 0.05) is 19.6 Å². The van der Waals surface area contributed by atoms with E-state index in [-0.39, 0.29) is 6.61 Å². The highest BCUT2D eigenvalue weighted by Gasteiger charge is 2.42. The van der Waals surface area contributed by atoms with Crippen molar-refractivity contribution in [1.82, 2.24) is 4.90 Å². The summed E-state index contributed by atoms with van der Waals surface area (Å²) in [7, 11) is 0. The Balaban J connectivity index is 1.55. The van der Waals surface area contributed by atoms with Crippen molar-refractivity contribution in [2.45, 2.75) is 51.7 Å². The topological polar surface area (TPSA) is 23.5 Å². The van der Waals surface area contributed by atoms with Crippen LogP contribution in [-0.4, -0.2) is 23.1 Å². The molecule has 1 N–H and O–H groups in total. The van der Waals surface area contributed by atoms with E-state index >= 15 is 0 Å². The van der Waals surface area contributed by atoms with Crippen LogP contribution in [0.5, 0.6) is 0 Å². The summed E-state index contributed by atoms with van der Waals surface area (Å²) in [6.45, 7) is 3.78. The lowest BCUT2D eigenvalue weighted by Gasteiger charge is -2.50. The molecule has 1 heterocycles. The molecule has 1 aliphatic heterocycles. The molecule has 3 rings (SSSR count). The molecule has 1 aromatic carbocycles. The van der Waals surface area contributed by atoms with Gasteiger partial charge in [0.25, 0.3) is 0 Å². The third-order valence-electron chi connectivity index (χ3n) is 4.86. The zero-order valence-corrected chi connectivity index (χ0v) is 11.8. The minimum atomic E-state index is 0.151. The Morgan fingerprint density at radius 3 is 2.37 bits per heavy atom. The van der Waals surface area contributed by atoms with Crippen molar-refractivity contribution in [3.63, 3.8) is 0 Å². The van der Waals surface area contributed by atoms with Gasteiger partial charge in [-0.25, -0.2) is 0 Å². The summed E-state index contributed by atoms with van der Waals surface area (Å²) < 4.78 is 0. The second-order valence-corrected chi connectivity index (χ2v) is 6.54. The molecule has 0 radical (unpaired) electrons. The molecule has 1 saturated heterocycles. The maximum absolute atomic E-state index is 9.18. The number of nitrogens with zero attached hydrogens (tertiary/aromatic N) is 1. The van der Waals surface area contributed by atoms with Crippen molar-refractivity contribution >= 4 is 0 Å². The molecule has 19 heavy (non-hydrogen) atoms. The van der Waals surface area contributed by atoms with Gasteiger partial charge in [-0.15, -0.1) is 0 Å². The zero-order chi connectivity index (χ0) is 13.1. The van der Waals surface area contributed by atoms with E-state index in [9.17, 15) is 5.11 Å². The fourth-order valence-corrected chi connectivity index (χ4v) is 3.89. The summed E-state index contributed by atoms with van der Waals surface area (Å²) in [5.41, 5.74) is 3.03. The second kappa shape index (κ2) is 5.64. The second-order valence-electron chi connectivity index (χ2n) is 6.54. The molecule has 0 aromatic heterocycles. The van der Waals surface area contributed by atoms with E-state index in [0.717, 1.165) is 12.1 Å². The van der Waals surface area contributed by atoms with E-state index in [1.54, 1.807) is 0 Å². The molecule has 2 nitrogen and oxygen atoms in total. The number of hydrogen-bond donors (Lipinski definition) is 1. The molecule has 104 valence electrons. The van der Waals surface area contributed by atoms with Crippen LogP contribution in [0.3, 0.4) is 0 Å². The number of likely N-dealkylation sites (tertiary alicyclic amines) is 1. The number of benzene rings is 1. The van der Waals surface area contributed by atoms with E-state index in [2.05, 4.69) is 23.1 Å². The molecule has 1 aromatic rings. The zero-order valence-electron chi connectivity index (χ0n) is 11.8. The van der Waals surface area contributed by atoms with Crippen molar-refractivity contribution < 1.29 is 5.11 Å². The lowest BCUT2D eigenvalue weighted by Crippen LogP contribution is -2.55. The molecule has 0 unspecified atom stereocenters. The SMILES string of the molecule is OCc1cccc(CN2CC3(CCCCCC3)C2)c1. The highest BCUT2D eigenvalue weighted by Crippen LogP contribution is 2.43. The van der Waals surface area contributed by atoms with Crippen LogP contribution in [0.15, 0.2) is 24.3 Å². The van der Waals surface area contributed by atoms with Crippen molar-refractivity contribution in [3.05, 3.63) is 35.4 Å². The lowest BCUT2D eigenvalue weighted by molar-refractivity contribution is -0.0176. The smallest absolute Gasteiger partial charge is 0.0681 e. The first kappa shape index (κ1) is 13.1. The Labute approximate surface area is 116 Å². The Kier molecular flexibility index (Phi) is 3.90. The van der Waals surface area contributed by atoms with Gasteiger partial charge in [-0.2, -0.15) is 0 Å². The Bertz CT molecular complexity index is 413. The molecule has 2 heteroatoms. The van der Waals surface area contributed by atoms with E-state index in [0.29, 0.717) is 5.41 Å². The summed E-state index contributed by atoms with van der Waals surface area (Å²) in [6, 6.07) is 8.36. The predicted molar refractivity (Wildman–Crippen MR) is 77.8 cm³/mol. The van der Waals surface area contributed by atoms with Crippen molar-refractivity contribution in [2.24, 2.45) is 5.41 Å². The third kappa shape index (κ3) is 3.01. The van der Waals surface area contributed by atoms with E-state index in [1.165, 1.54) is 57.2 Å². The van der Waals surface area contributed by atoms with Crippen LogP contribution < -0.4 is 0 Å². The molecule has 2 aliphatic rings. The predicted octanol–water partition coefficient (Wildman–Crippen LogP) is 3.34. The highest BCUT2D eigenvalue weighted by atomic mass is 16.3. The summed E-state index contributed by atoms with van der Waals surface area (Å²) in [6.07, 6.45) is 8.66. The first-order chi connectivity index (χ1) is 9.30. The standard InChI is InChI=1S/C17H25NO/c19-12-16-7-5-6-15(10-16)11-18-13-17(14-18)8-3-1-2-4-9-17/h5-7,10,19H,1-4,8-9,11-14H2. The van der Waals surface area contributed by atoms with Gasteiger partial charge in [-0.3, -0.25) is 4.90 Å². The van der Waals surface area contributed by atoms with Crippen LogP contribution in [0.1, 0.15) is 49.7 Å². The average Bonchev–Trinajstić information content (AvgIpc) is 2.64. The Morgan fingerprint density at radius 2 is 1.68 bits per heavy atom. The normalized spacial score (nSPS) is 23.0. The average molecular weight is 259 g/mol. The largest absolute Gasteiger partial charge is 0.392 e. The van der Waals surface area contributed by atoms with Crippen LogP contribution in [0.4, 0.5) is 0 Å². The van der Waals surface area contributed by atoms with Crippen LogP contribution >= 0.6 is 0 Å². The van der Waals surface area contributed by atoms with Crippen LogP contribution in [0, 0.1) is 5.41 Å². The molecule has 1 spiro atoms. The van der Waals surface area contributed by atoms with Crippen molar-refractivity contribution in [2.75, 3.05) is 13.1 Å². The molecule has 0 atom stereocenters. The van der Waals surface area contributed by atoms with E-state index in [4.69, 9.17) is 0 Å². The van der Waals surface area contributed by atoms with Crippen molar-refractivity contribution in [3.8, 4) is 0 Å². The fraction of sp³-hybridized carbons (Fsp3) is 0.647. The van der Waals surface area contributed by atoms with Gasteiger partial charge in [0.1, 0.15) is 0 Å². The van der Waals surface area contributed by atoms with Crippen LogP contribution in [0.25, 0.3) is 0 Å². The van der Waals surface area contributed by atoms with Gasteiger partial charge in [-0.05, 0) is 29.4 Å². The minimum absolute atomic E-state index is 0.151. The first-order valence-electron chi connectivity index (χ1n) is 7.71. The Hall–Kier alpha value is -0.860. The highest BCUT2D eigenvalue weighted by molar-refractivity contribution is 5.23. The van der Waals surface area contributed by atoms with E-state index < -0.39 is 0 Å². The minimum Gasteiger partial charge on any atom is -0.392 e. The number of aliphatic hydroxyl groups is 1. The molecular weight excluding hydrogens is 234 g/mol. The van der Waals surface area contributed by atoms with Crippen LogP contribution in [0.2, 0.25) is 0 Å². The van der Waals surface area contributed by atoms with Gasteiger partial charge >= 0.3 is 0 Å². The lowest BCUT2D eigenvalue weighted by atomic mass is 9.73. The molecule has 2 fully saturated rings. The number of aliphatic hydroxyl groups excluding tert-OH is 1. The summed E-state index contributed by atoms with van der Waals surface area (Å²) in [4.78, 5) is 2.57. The number of rotatable bonds is 3. The molecule has 0 amide bonds. The summed E-state index contributed by atoms with van der Waals surface area (Å²) in [5, 5.41) is 9.18. The van der Waals surface area contributed by atoms with Crippen LogP contribution in [-0.2, 0) is 13.2 Å². The quantitative estimate of drug-likeness (QED) is 0.900. The molecule has 1 aliphatic carbocycles. The monoisotopic (exact) mass is 259 g/mol. The van der Waals surface area contributed by atoms with Gasteiger partial charge in [0.05, 0.1) is 6.61 Å². The van der Waals surface area contributed by atoms with Gasteiger partial charge in [0.2, 0.25) is 0 Å². The third-order valence-corrected chi connectivity index (χ3v) is 4.86. The maximum atomic E-state index is 9.18. The first-order valence-corrected chi connectivity index (χ1v) is 7.71.